The lowest BCUT2D eigenvalue weighted by Gasteiger charge is -2.36. The first kappa shape index (κ1) is 9.74. The van der Waals surface area contributed by atoms with E-state index in [0.29, 0.717) is 0 Å². The maximum Gasteiger partial charge on any atom is 0.104 e. The molecule has 2 rings (SSSR count). The molecule has 0 aliphatic carbocycles. The molecule has 0 spiro atoms. The van der Waals surface area contributed by atoms with Crippen LogP contribution in [0.1, 0.15) is 19.3 Å². The summed E-state index contributed by atoms with van der Waals surface area (Å²) in [5.74, 6) is 0. The minimum Gasteiger partial charge on any atom is -0.392 e. The van der Waals surface area contributed by atoms with E-state index in [1.807, 2.05) is 18.4 Å². The Morgan fingerprint density at radius 3 is 2.86 bits per heavy atom. The van der Waals surface area contributed by atoms with Crippen LogP contribution >= 0.6 is 0 Å². The third-order valence-electron chi connectivity index (χ3n) is 2.95. The van der Waals surface area contributed by atoms with E-state index >= 15 is 0 Å². The molecule has 0 radical (unpaired) electrons. The van der Waals surface area contributed by atoms with Crippen molar-refractivity contribution in [2.75, 3.05) is 19.7 Å². The fourth-order valence-electron chi connectivity index (χ4n) is 2.17. The number of aliphatic hydroxyl groups is 1. The largest absolute Gasteiger partial charge is 0.392 e. The van der Waals surface area contributed by atoms with Gasteiger partial charge in [0.1, 0.15) is 6.17 Å². The second-order valence-electron chi connectivity index (χ2n) is 3.92. The summed E-state index contributed by atoms with van der Waals surface area (Å²) in [4.78, 5) is 2.41. The van der Waals surface area contributed by atoms with Crippen LogP contribution in [0.5, 0.6) is 0 Å². The van der Waals surface area contributed by atoms with Crippen LogP contribution in [-0.4, -0.2) is 35.9 Å². The molecule has 14 heavy (non-hydrogen) atoms. The SMILES string of the molecule is OCC1=CC=CNC1N1CCCCC1. The maximum absolute atomic E-state index is 9.22. The van der Waals surface area contributed by atoms with Crippen molar-refractivity contribution in [1.82, 2.24) is 10.2 Å². The van der Waals surface area contributed by atoms with Crippen LogP contribution in [0.25, 0.3) is 0 Å². The lowest BCUT2D eigenvalue weighted by Crippen LogP contribution is -2.48. The Morgan fingerprint density at radius 2 is 2.14 bits per heavy atom. The molecular formula is C11H18N2O. The molecule has 0 aromatic rings. The molecular weight excluding hydrogens is 176 g/mol. The predicted molar refractivity (Wildman–Crippen MR) is 56.7 cm³/mol. The van der Waals surface area contributed by atoms with Crippen molar-refractivity contribution in [2.24, 2.45) is 0 Å². The highest BCUT2D eigenvalue weighted by molar-refractivity contribution is 5.22. The number of piperidine rings is 1. The van der Waals surface area contributed by atoms with E-state index in [9.17, 15) is 5.11 Å². The average molecular weight is 194 g/mol. The van der Waals surface area contributed by atoms with Gasteiger partial charge in [0.25, 0.3) is 0 Å². The van der Waals surface area contributed by atoms with Crippen molar-refractivity contribution >= 4 is 0 Å². The first-order valence-corrected chi connectivity index (χ1v) is 5.38. The molecule has 2 aliphatic heterocycles. The molecule has 1 fully saturated rings. The van der Waals surface area contributed by atoms with Crippen LogP contribution < -0.4 is 5.32 Å². The summed E-state index contributed by atoms with van der Waals surface area (Å²) >= 11 is 0. The highest BCUT2D eigenvalue weighted by atomic mass is 16.3. The van der Waals surface area contributed by atoms with Crippen LogP contribution in [0.4, 0.5) is 0 Å². The molecule has 3 heteroatoms. The van der Waals surface area contributed by atoms with Crippen LogP contribution in [0.3, 0.4) is 0 Å². The number of dihydropyridines is 1. The van der Waals surface area contributed by atoms with Crippen molar-refractivity contribution in [3.63, 3.8) is 0 Å². The smallest absolute Gasteiger partial charge is 0.104 e. The van der Waals surface area contributed by atoms with E-state index in [0.717, 1.165) is 18.7 Å². The summed E-state index contributed by atoms with van der Waals surface area (Å²) in [5.41, 5.74) is 1.08. The number of likely N-dealkylation sites (tertiary alicyclic amines) is 1. The monoisotopic (exact) mass is 194 g/mol. The fourth-order valence-corrected chi connectivity index (χ4v) is 2.17. The maximum atomic E-state index is 9.22. The van der Waals surface area contributed by atoms with Crippen LogP contribution in [-0.2, 0) is 0 Å². The average Bonchev–Trinajstić information content (AvgIpc) is 2.30. The van der Waals surface area contributed by atoms with Gasteiger partial charge < -0.3 is 10.4 Å². The van der Waals surface area contributed by atoms with E-state index in [-0.39, 0.29) is 12.8 Å². The molecule has 0 aromatic heterocycles. The molecule has 1 saturated heterocycles. The molecule has 0 bridgehead atoms. The van der Waals surface area contributed by atoms with Gasteiger partial charge in [-0.05, 0) is 30.7 Å². The van der Waals surface area contributed by atoms with Crippen molar-refractivity contribution in [3.05, 3.63) is 23.9 Å². The molecule has 78 valence electrons. The van der Waals surface area contributed by atoms with Gasteiger partial charge in [-0.1, -0.05) is 12.5 Å². The second kappa shape index (κ2) is 4.62. The Hall–Kier alpha value is -0.800. The van der Waals surface area contributed by atoms with Gasteiger partial charge in [-0.25, -0.2) is 0 Å². The van der Waals surface area contributed by atoms with Crippen molar-refractivity contribution in [2.45, 2.75) is 25.4 Å². The van der Waals surface area contributed by atoms with E-state index < -0.39 is 0 Å². The van der Waals surface area contributed by atoms with E-state index in [1.54, 1.807) is 0 Å². The zero-order chi connectivity index (χ0) is 9.80. The molecule has 2 N–H and O–H groups in total. The summed E-state index contributed by atoms with van der Waals surface area (Å²) in [7, 11) is 0. The minimum atomic E-state index is 0.151. The van der Waals surface area contributed by atoms with Gasteiger partial charge in [0.2, 0.25) is 0 Å². The summed E-state index contributed by atoms with van der Waals surface area (Å²) < 4.78 is 0. The fraction of sp³-hybridized carbons (Fsp3) is 0.636. The Bertz CT molecular complexity index is 242. The second-order valence-corrected chi connectivity index (χ2v) is 3.92. The number of rotatable bonds is 2. The lowest BCUT2D eigenvalue weighted by molar-refractivity contribution is 0.156. The molecule has 1 atom stereocenters. The molecule has 0 aromatic carbocycles. The normalized spacial score (nSPS) is 28.4. The van der Waals surface area contributed by atoms with Gasteiger partial charge in [0, 0.05) is 13.1 Å². The van der Waals surface area contributed by atoms with Gasteiger partial charge in [-0.15, -0.1) is 0 Å². The van der Waals surface area contributed by atoms with Crippen molar-refractivity contribution in [1.29, 1.82) is 0 Å². The summed E-state index contributed by atoms with van der Waals surface area (Å²) in [6.07, 6.45) is 10.0. The molecule has 2 aliphatic rings. The zero-order valence-electron chi connectivity index (χ0n) is 8.45. The number of hydrogen-bond donors (Lipinski definition) is 2. The highest BCUT2D eigenvalue weighted by Crippen LogP contribution is 2.17. The molecule has 0 saturated carbocycles. The number of nitrogens with zero attached hydrogens (tertiary/aromatic N) is 1. The standard InChI is InChI=1S/C11H18N2O/c14-9-10-5-4-6-12-11(10)13-7-2-1-3-8-13/h4-6,11-12,14H,1-3,7-9H2. The quantitative estimate of drug-likeness (QED) is 0.683. The van der Waals surface area contributed by atoms with Crippen LogP contribution in [0.2, 0.25) is 0 Å². The van der Waals surface area contributed by atoms with Gasteiger partial charge in [0.05, 0.1) is 6.61 Å². The summed E-state index contributed by atoms with van der Waals surface area (Å²) in [6.45, 7) is 2.43. The number of allylic oxidation sites excluding steroid dienone is 2. The Balaban J connectivity index is 2.01. The predicted octanol–water partition coefficient (Wildman–Crippen LogP) is 0.834. The van der Waals surface area contributed by atoms with Crippen LogP contribution in [0, 0.1) is 0 Å². The third kappa shape index (κ3) is 1.99. The van der Waals surface area contributed by atoms with E-state index in [4.69, 9.17) is 0 Å². The Labute approximate surface area is 85.1 Å². The number of hydrogen-bond acceptors (Lipinski definition) is 3. The van der Waals surface area contributed by atoms with E-state index in [2.05, 4.69) is 10.2 Å². The molecule has 2 heterocycles. The topological polar surface area (TPSA) is 35.5 Å². The van der Waals surface area contributed by atoms with Gasteiger partial charge in [-0.3, -0.25) is 4.90 Å². The zero-order valence-corrected chi connectivity index (χ0v) is 8.45. The van der Waals surface area contributed by atoms with Crippen molar-refractivity contribution in [3.8, 4) is 0 Å². The van der Waals surface area contributed by atoms with Crippen molar-refractivity contribution < 1.29 is 5.11 Å². The molecule has 3 nitrogen and oxygen atoms in total. The van der Waals surface area contributed by atoms with Gasteiger partial charge >= 0.3 is 0 Å². The van der Waals surface area contributed by atoms with Gasteiger partial charge in [-0.2, -0.15) is 0 Å². The Morgan fingerprint density at radius 1 is 1.36 bits per heavy atom. The van der Waals surface area contributed by atoms with Gasteiger partial charge in [0.15, 0.2) is 0 Å². The third-order valence-corrected chi connectivity index (χ3v) is 2.95. The number of aliphatic hydroxyl groups excluding tert-OH is 1. The first-order valence-electron chi connectivity index (χ1n) is 5.38. The summed E-state index contributed by atoms with van der Waals surface area (Å²) in [5, 5.41) is 12.5. The van der Waals surface area contributed by atoms with Crippen LogP contribution in [0.15, 0.2) is 23.9 Å². The van der Waals surface area contributed by atoms with E-state index in [1.165, 1.54) is 19.3 Å². The first-order chi connectivity index (χ1) is 6.92. The highest BCUT2D eigenvalue weighted by Gasteiger charge is 2.23. The number of nitrogens with one attached hydrogen (secondary N) is 1. The summed E-state index contributed by atoms with van der Waals surface area (Å²) in [6, 6.07) is 0. The minimum absolute atomic E-state index is 0.151. The molecule has 0 amide bonds. The molecule has 1 unspecified atom stereocenters. The Kier molecular flexibility index (Phi) is 3.22. The lowest BCUT2D eigenvalue weighted by atomic mass is 10.1.